The number of imide groups is 1. The molecule has 8 heteroatoms. The van der Waals surface area contributed by atoms with Crippen LogP contribution in [0.5, 0.6) is 0 Å². The molecule has 1 aliphatic carbocycles. The van der Waals surface area contributed by atoms with Crippen LogP contribution in [0, 0.1) is 5.41 Å². The van der Waals surface area contributed by atoms with Crippen molar-refractivity contribution in [3.05, 3.63) is 0 Å². The number of amides is 3. The quantitative estimate of drug-likeness (QED) is 0.619. The standard InChI is InChI=1S/C13H19F3N2O2S/c1-11(13(14,15)16)9(19)18(10(20)17-11)7-12(8-21)5-3-2-4-6-12/h21H,2-8H2,1H3,(H,17,20). The number of rotatable bonds is 3. The Kier molecular flexibility index (Phi) is 4.21. The molecule has 120 valence electrons. The van der Waals surface area contributed by atoms with Crippen LogP contribution < -0.4 is 5.32 Å². The number of alkyl halides is 3. The predicted octanol–water partition coefficient (Wildman–Crippen LogP) is 2.74. The Hall–Kier alpha value is -0.920. The molecule has 1 heterocycles. The summed E-state index contributed by atoms with van der Waals surface area (Å²) in [7, 11) is 0. The maximum atomic E-state index is 13.0. The van der Waals surface area contributed by atoms with Crippen LogP contribution in [0.3, 0.4) is 0 Å². The van der Waals surface area contributed by atoms with Crippen molar-refractivity contribution in [1.29, 1.82) is 0 Å². The SMILES string of the molecule is CC1(C(F)(F)F)NC(=O)N(CC2(CS)CCCCC2)C1=O. The van der Waals surface area contributed by atoms with Crippen molar-refractivity contribution >= 4 is 24.6 Å². The van der Waals surface area contributed by atoms with Crippen LogP contribution in [-0.2, 0) is 4.79 Å². The zero-order chi connectivity index (χ0) is 15.9. The van der Waals surface area contributed by atoms with Crippen molar-refractivity contribution in [2.75, 3.05) is 12.3 Å². The molecule has 0 spiro atoms. The third-order valence-corrected chi connectivity index (χ3v) is 5.26. The van der Waals surface area contributed by atoms with Gasteiger partial charge < -0.3 is 5.32 Å². The Morgan fingerprint density at radius 1 is 1.24 bits per heavy atom. The second-order valence-electron chi connectivity index (χ2n) is 6.16. The first-order valence-corrected chi connectivity index (χ1v) is 7.60. The van der Waals surface area contributed by atoms with Gasteiger partial charge >= 0.3 is 12.2 Å². The van der Waals surface area contributed by atoms with Gasteiger partial charge in [-0.3, -0.25) is 9.69 Å². The topological polar surface area (TPSA) is 49.4 Å². The number of halogens is 3. The van der Waals surface area contributed by atoms with Crippen LogP contribution in [0.2, 0.25) is 0 Å². The lowest BCUT2D eigenvalue weighted by molar-refractivity contribution is -0.191. The zero-order valence-corrected chi connectivity index (χ0v) is 12.7. The van der Waals surface area contributed by atoms with Gasteiger partial charge in [0.15, 0.2) is 0 Å². The van der Waals surface area contributed by atoms with Gasteiger partial charge in [0, 0.05) is 6.54 Å². The zero-order valence-electron chi connectivity index (χ0n) is 11.8. The van der Waals surface area contributed by atoms with Crippen molar-refractivity contribution in [2.24, 2.45) is 5.41 Å². The molecular formula is C13H19F3N2O2S. The lowest BCUT2D eigenvalue weighted by Crippen LogP contribution is -2.56. The Morgan fingerprint density at radius 2 is 1.81 bits per heavy atom. The van der Waals surface area contributed by atoms with Crippen LogP contribution >= 0.6 is 12.6 Å². The molecule has 1 saturated carbocycles. The Balaban J connectivity index is 2.21. The lowest BCUT2D eigenvalue weighted by atomic mass is 9.75. The highest BCUT2D eigenvalue weighted by Crippen LogP contribution is 2.41. The van der Waals surface area contributed by atoms with Crippen molar-refractivity contribution in [3.8, 4) is 0 Å². The number of carbonyl (C=O) groups excluding carboxylic acids is 2. The number of nitrogens with one attached hydrogen (secondary N) is 1. The van der Waals surface area contributed by atoms with E-state index in [9.17, 15) is 22.8 Å². The van der Waals surface area contributed by atoms with Gasteiger partial charge in [-0.05, 0) is 30.9 Å². The molecule has 1 saturated heterocycles. The van der Waals surface area contributed by atoms with Gasteiger partial charge in [-0.15, -0.1) is 0 Å². The summed E-state index contributed by atoms with van der Waals surface area (Å²) < 4.78 is 39.1. The third kappa shape index (κ3) is 2.74. The maximum Gasteiger partial charge on any atom is 0.420 e. The monoisotopic (exact) mass is 324 g/mol. The Labute approximate surface area is 126 Å². The van der Waals surface area contributed by atoms with Gasteiger partial charge in [0.1, 0.15) is 0 Å². The van der Waals surface area contributed by atoms with E-state index in [0.717, 1.165) is 37.0 Å². The van der Waals surface area contributed by atoms with Gasteiger partial charge in [-0.2, -0.15) is 25.8 Å². The van der Waals surface area contributed by atoms with E-state index in [0.29, 0.717) is 12.7 Å². The molecule has 0 aromatic heterocycles. The summed E-state index contributed by atoms with van der Waals surface area (Å²) in [6.45, 7) is 0.717. The number of carbonyl (C=O) groups is 2. The van der Waals surface area contributed by atoms with Gasteiger partial charge in [-0.1, -0.05) is 19.3 Å². The molecule has 0 aromatic carbocycles. The van der Waals surface area contributed by atoms with Crippen molar-refractivity contribution in [1.82, 2.24) is 10.2 Å². The molecule has 0 bridgehead atoms. The van der Waals surface area contributed by atoms with Crippen molar-refractivity contribution in [2.45, 2.75) is 50.7 Å². The number of thiol groups is 1. The van der Waals surface area contributed by atoms with Crippen LogP contribution in [0.15, 0.2) is 0 Å². The van der Waals surface area contributed by atoms with E-state index in [4.69, 9.17) is 0 Å². The van der Waals surface area contributed by atoms with Crippen molar-refractivity contribution < 1.29 is 22.8 Å². The minimum absolute atomic E-state index is 0.00678. The van der Waals surface area contributed by atoms with Crippen molar-refractivity contribution in [3.63, 3.8) is 0 Å². The van der Waals surface area contributed by atoms with Gasteiger partial charge in [0.2, 0.25) is 5.54 Å². The summed E-state index contributed by atoms with van der Waals surface area (Å²) in [6, 6.07) is -0.966. The van der Waals surface area contributed by atoms with Gasteiger partial charge in [0.25, 0.3) is 5.91 Å². The molecule has 4 nitrogen and oxygen atoms in total. The number of hydrogen-bond donors (Lipinski definition) is 2. The van der Waals surface area contributed by atoms with E-state index in [-0.39, 0.29) is 12.0 Å². The molecule has 1 N–H and O–H groups in total. The molecule has 1 aliphatic heterocycles. The van der Waals surface area contributed by atoms with E-state index >= 15 is 0 Å². The second-order valence-corrected chi connectivity index (χ2v) is 6.48. The lowest BCUT2D eigenvalue weighted by Gasteiger charge is -2.38. The van der Waals surface area contributed by atoms with Crippen LogP contribution in [0.4, 0.5) is 18.0 Å². The predicted molar refractivity (Wildman–Crippen MR) is 74.1 cm³/mol. The van der Waals surface area contributed by atoms with Crippen LogP contribution in [-0.4, -0.2) is 40.9 Å². The highest BCUT2D eigenvalue weighted by Gasteiger charge is 2.64. The van der Waals surface area contributed by atoms with Crippen LogP contribution in [0.1, 0.15) is 39.0 Å². The van der Waals surface area contributed by atoms with E-state index < -0.39 is 23.7 Å². The van der Waals surface area contributed by atoms with E-state index in [1.54, 1.807) is 5.32 Å². The molecular weight excluding hydrogens is 305 g/mol. The smallest absolute Gasteiger partial charge is 0.316 e. The summed E-state index contributed by atoms with van der Waals surface area (Å²) in [5, 5.41) is 1.79. The molecule has 21 heavy (non-hydrogen) atoms. The number of urea groups is 1. The molecule has 0 aromatic rings. The van der Waals surface area contributed by atoms with E-state index in [2.05, 4.69) is 12.6 Å². The molecule has 1 unspecified atom stereocenters. The van der Waals surface area contributed by atoms with Gasteiger partial charge in [0.05, 0.1) is 0 Å². The summed E-state index contributed by atoms with van der Waals surface area (Å²) >= 11 is 4.29. The molecule has 2 fully saturated rings. The maximum absolute atomic E-state index is 13.0. The summed E-state index contributed by atoms with van der Waals surface area (Å²) in [5.41, 5.74) is -3.19. The minimum Gasteiger partial charge on any atom is -0.316 e. The normalized spacial score (nSPS) is 29.7. The molecule has 0 radical (unpaired) electrons. The molecule has 2 aliphatic rings. The second kappa shape index (κ2) is 5.37. The summed E-state index contributed by atoms with van der Waals surface area (Å²) in [5.74, 6) is -0.765. The molecule has 1 atom stereocenters. The fraction of sp³-hybridized carbons (Fsp3) is 0.846. The van der Waals surface area contributed by atoms with Gasteiger partial charge in [-0.25, -0.2) is 4.79 Å². The Bertz CT molecular complexity index is 449. The highest BCUT2D eigenvalue weighted by molar-refractivity contribution is 7.80. The first-order chi connectivity index (χ1) is 9.65. The summed E-state index contributed by atoms with van der Waals surface area (Å²) in [6.07, 6.45) is -0.306. The number of hydrogen-bond acceptors (Lipinski definition) is 3. The van der Waals surface area contributed by atoms with Crippen LogP contribution in [0.25, 0.3) is 0 Å². The first-order valence-electron chi connectivity index (χ1n) is 6.97. The third-order valence-electron chi connectivity index (χ3n) is 4.59. The average molecular weight is 324 g/mol. The first kappa shape index (κ1) is 16.5. The molecule has 3 amide bonds. The Morgan fingerprint density at radius 3 is 2.24 bits per heavy atom. The fourth-order valence-corrected chi connectivity index (χ4v) is 3.45. The minimum atomic E-state index is -4.81. The van der Waals surface area contributed by atoms with E-state index in [1.807, 2.05) is 0 Å². The summed E-state index contributed by atoms with van der Waals surface area (Å²) in [4.78, 5) is 24.7. The highest BCUT2D eigenvalue weighted by atomic mass is 32.1. The molecule has 2 rings (SSSR count). The number of nitrogens with zero attached hydrogens (tertiary/aromatic N) is 1. The fourth-order valence-electron chi connectivity index (χ4n) is 3.04. The largest absolute Gasteiger partial charge is 0.420 e. The van der Waals surface area contributed by atoms with E-state index in [1.165, 1.54) is 0 Å². The average Bonchev–Trinajstić information content (AvgIpc) is 2.64.